The van der Waals surface area contributed by atoms with Gasteiger partial charge in [-0.15, -0.1) is 0 Å². The highest BCUT2D eigenvalue weighted by molar-refractivity contribution is 5.18. The van der Waals surface area contributed by atoms with Crippen LogP contribution in [-0.2, 0) is 19.3 Å². The topological polar surface area (TPSA) is 28.7 Å². The first kappa shape index (κ1) is 14.6. The van der Waals surface area contributed by atoms with Crippen molar-refractivity contribution >= 4 is 0 Å². The van der Waals surface area contributed by atoms with Crippen molar-refractivity contribution in [3.63, 3.8) is 0 Å². The van der Waals surface area contributed by atoms with Crippen LogP contribution in [0.15, 0.2) is 0 Å². The summed E-state index contributed by atoms with van der Waals surface area (Å²) < 4.78 is 0. The van der Waals surface area contributed by atoms with Crippen molar-refractivity contribution in [2.45, 2.75) is 84.5 Å². The summed E-state index contributed by atoms with van der Waals surface area (Å²) in [5.74, 6) is 2.08. The van der Waals surface area contributed by atoms with Crippen LogP contribution in [0.2, 0.25) is 0 Å². The summed E-state index contributed by atoms with van der Waals surface area (Å²) in [6.45, 7) is 4.62. The van der Waals surface area contributed by atoms with Gasteiger partial charge in [0.25, 0.3) is 0 Å². The number of H-pyrrole nitrogens is 1. The Morgan fingerprint density at radius 3 is 2.63 bits per heavy atom. The number of aryl methyl sites for hydroxylation is 2. The summed E-state index contributed by atoms with van der Waals surface area (Å²) in [5, 5.41) is 0. The SMILES string of the molecule is CCCCCCCCCc1nc2c([nH]1)CC(C)CC2. The Kier molecular flexibility index (Phi) is 5.93. The zero-order valence-electron chi connectivity index (χ0n) is 12.8. The first-order valence-corrected chi connectivity index (χ1v) is 8.36. The fourth-order valence-electron chi connectivity index (χ4n) is 3.08. The number of fused-ring (bicyclic) bond motifs is 1. The third-order valence-corrected chi connectivity index (χ3v) is 4.36. The number of hydrogen-bond donors (Lipinski definition) is 1. The normalized spacial score (nSPS) is 18.5. The molecule has 2 nitrogen and oxygen atoms in total. The molecule has 1 heterocycles. The molecular formula is C17H30N2. The van der Waals surface area contributed by atoms with E-state index in [0.29, 0.717) is 0 Å². The number of hydrogen-bond acceptors (Lipinski definition) is 1. The van der Waals surface area contributed by atoms with E-state index in [1.807, 2.05) is 0 Å². The maximum Gasteiger partial charge on any atom is 0.106 e. The van der Waals surface area contributed by atoms with Crippen LogP contribution in [-0.4, -0.2) is 9.97 Å². The molecule has 0 spiro atoms. The van der Waals surface area contributed by atoms with Crippen molar-refractivity contribution < 1.29 is 0 Å². The van der Waals surface area contributed by atoms with Gasteiger partial charge in [-0.05, 0) is 31.6 Å². The third-order valence-electron chi connectivity index (χ3n) is 4.36. The van der Waals surface area contributed by atoms with E-state index in [4.69, 9.17) is 4.98 Å². The molecule has 2 heteroatoms. The van der Waals surface area contributed by atoms with Crippen molar-refractivity contribution in [2.75, 3.05) is 0 Å². The van der Waals surface area contributed by atoms with Gasteiger partial charge >= 0.3 is 0 Å². The predicted octanol–water partition coefficient (Wildman–Crippen LogP) is 4.83. The summed E-state index contributed by atoms with van der Waals surface area (Å²) in [4.78, 5) is 8.34. The summed E-state index contributed by atoms with van der Waals surface area (Å²) in [6.07, 6.45) is 14.5. The predicted molar refractivity (Wildman–Crippen MR) is 81.5 cm³/mol. The van der Waals surface area contributed by atoms with E-state index in [1.165, 1.54) is 81.4 Å². The van der Waals surface area contributed by atoms with Gasteiger partial charge in [0.05, 0.1) is 5.69 Å². The molecule has 1 aromatic heterocycles. The van der Waals surface area contributed by atoms with Gasteiger partial charge in [0.2, 0.25) is 0 Å². The van der Waals surface area contributed by atoms with Gasteiger partial charge in [-0.25, -0.2) is 4.98 Å². The molecule has 1 aromatic rings. The van der Waals surface area contributed by atoms with Gasteiger partial charge in [-0.1, -0.05) is 52.4 Å². The monoisotopic (exact) mass is 262 g/mol. The minimum atomic E-state index is 0.833. The molecule has 19 heavy (non-hydrogen) atoms. The average molecular weight is 262 g/mol. The average Bonchev–Trinajstić information content (AvgIpc) is 2.79. The lowest BCUT2D eigenvalue weighted by atomic mass is 9.92. The smallest absolute Gasteiger partial charge is 0.106 e. The quantitative estimate of drug-likeness (QED) is 0.668. The standard InChI is InChI=1S/C17H30N2/c1-3-4-5-6-7-8-9-10-17-18-15-12-11-14(2)13-16(15)19-17/h14H,3-13H2,1-2H3,(H,18,19). The first-order chi connectivity index (χ1) is 9.29. The van der Waals surface area contributed by atoms with Crippen molar-refractivity contribution in [3.05, 3.63) is 17.2 Å². The molecule has 0 radical (unpaired) electrons. The van der Waals surface area contributed by atoms with Gasteiger partial charge < -0.3 is 4.98 Å². The van der Waals surface area contributed by atoms with Crippen LogP contribution in [0, 0.1) is 5.92 Å². The Labute approximate surface area is 118 Å². The van der Waals surface area contributed by atoms with Crippen molar-refractivity contribution in [3.8, 4) is 0 Å². The summed E-state index contributed by atoms with van der Waals surface area (Å²) in [5.41, 5.74) is 2.78. The Hall–Kier alpha value is -0.790. The minimum Gasteiger partial charge on any atom is -0.346 e. The molecule has 1 unspecified atom stereocenters. The first-order valence-electron chi connectivity index (χ1n) is 8.36. The number of rotatable bonds is 8. The fourth-order valence-corrected chi connectivity index (χ4v) is 3.08. The fraction of sp³-hybridized carbons (Fsp3) is 0.824. The zero-order valence-corrected chi connectivity index (χ0v) is 12.8. The van der Waals surface area contributed by atoms with Crippen LogP contribution >= 0.6 is 0 Å². The summed E-state index contributed by atoms with van der Waals surface area (Å²) in [7, 11) is 0. The molecule has 0 saturated carbocycles. The number of nitrogens with one attached hydrogen (secondary N) is 1. The van der Waals surface area contributed by atoms with E-state index in [-0.39, 0.29) is 0 Å². The second kappa shape index (κ2) is 7.72. The van der Waals surface area contributed by atoms with Crippen molar-refractivity contribution in [2.24, 2.45) is 5.92 Å². The zero-order chi connectivity index (χ0) is 13.5. The number of unbranched alkanes of at least 4 members (excludes halogenated alkanes) is 6. The van der Waals surface area contributed by atoms with Crippen LogP contribution in [0.5, 0.6) is 0 Å². The van der Waals surface area contributed by atoms with Gasteiger partial charge in [-0.3, -0.25) is 0 Å². The van der Waals surface area contributed by atoms with Gasteiger partial charge in [0.15, 0.2) is 0 Å². The van der Waals surface area contributed by atoms with Gasteiger partial charge in [-0.2, -0.15) is 0 Å². The maximum atomic E-state index is 4.78. The second-order valence-electron chi connectivity index (χ2n) is 6.33. The van der Waals surface area contributed by atoms with Gasteiger partial charge in [0.1, 0.15) is 5.82 Å². The Morgan fingerprint density at radius 1 is 1.11 bits per heavy atom. The number of imidazole rings is 1. The lowest BCUT2D eigenvalue weighted by Gasteiger charge is -2.15. The van der Waals surface area contributed by atoms with Crippen LogP contribution in [0.3, 0.4) is 0 Å². The Balaban J connectivity index is 1.64. The second-order valence-corrected chi connectivity index (χ2v) is 6.33. The van der Waals surface area contributed by atoms with E-state index in [1.54, 1.807) is 0 Å². The van der Waals surface area contributed by atoms with Crippen LogP contribution in [0.1, 0.15) is 82.4 Å². The molecule has 1 aliphatic carbocycles. The highest BCUT2D eigenvalue weighted by atomic mass is 14.9. The molecule has 0 amide bonds. The van der Waals surface area contributed by atoms with Crippen LogP contribution in [0.4, 0.5) is 0 Å². The third kappa shape index (κ3) is 4.67. The molecule has 1 aliphatic rings. The van der Waals surface area contributed by atoms with E-state index in [2.05, 4.69) is 18.8 Å². The number of aromatic amines is 1. The van der Waals surface area contributed by atoms with Gasteiger partial charge in [0, 0.05) is 12.1 Å². The van der Waals surface area contributed by atoms with E-state index in [9.17, 15) is 0 Å². The lowest BCUT2D eigenvalue weighted by Crippen LogP contribution is -2.10. The molecule has 2 rings (SSSR count). The van der Waals surface area contributed by atoms with E-state index in [0.717, 1.165) is 12.3 Å². The molecule has 0 aliphatic heterocycles. The molecule has 0 aromatic carbocycles. The maximum absolute atomic E-state index is 4.78. The Bertz CT molecular complexity index is 367. The summed E-state index contributed by atoms with van der Waals surface area (Å²) >= 11 is 0. The highest BCUT2D eigenvalue weighted by Gasteiger charge is 2.18. The minimum absolute atomic E-state index is 0.833. The lowest BCUT2D eigenvalue weighted by molar-refractivity contribution is 0.492. The van der Waals surface area contributed by atoms with Crippen LogP contribution < -0.4 is 0 Å². The highest BCUT2D eigenvalue weighted by Crippen LogP contribution is 2.23. The number of aromatic nitrogens is 2. The molecule has 1 N–H and O–H groups in total. The molecule has 0 fully saturated rings. The number of nitrogens with zero attached hydrogens (tertiary/aromatic N) is 1. The molecule has 1 atom stereocenters. The van der Waals surface area contributed by atoms with Crippen molar-refractivity contribution in [1.82, 2.24) is 9.97 Å². The molecule has 0 saturated heterocycles. The van der Waals surface area contributed by atoms with Crippen LogP contribution in [0.25, 0.3) is 0 Å². The van der Waals surface area contributed by atoms with Crippen molar-refractivity contribution in [1.29, 1.82) is 0 Å². The molecule has 0 bridgehead atoms. The molecule has 108 valence electrons. The summed E-state index contributed by atoms with van der Waals surface area (Å²) in [6, 6.07) is 0. The molecular weight excluding hydrogens is 232 g/mol. The largest absolute Gasteiger partial charge is 0.346 e. The van der Waals surface area contributed by atoms with E-state index < -0.39 is 0 Å². The Morgan fingerprint density at radius 2 is 1.84 bits per heavy atom. The van der Waals surface area contributed by atoms with E-state index >= 15 is 0 Å².